The molecule has 174 valence electrons. The second-order valence-corrected chi connectivity index (χ2v) is 12.5. The number of carbonyl (C=O) groups is 1. The van der Waals surface area contributed by atoms with E-state index in [1.807, 2.05) is 18.2 Å². The molecule has 10 heteroatoms. The summed E-state index contributed by atoms with van der Waals surface area (Å²) in [5, 5.41) is 13.0. The molecule has 0 radical (unpaired) electrons. The molecule has 32 heavy (non-hydrogen) atoms. The van der Waals surface area contributed by atoms with Crippen molar-refractivity contribution in [3.05, 3.63) is 91.0 Å². The van der Waals surface area contributed by atoms with Crippen LogP contribution in [-0.4, -0.2) is 17.2 Å². The SMILES string of the molecule is F[P-](F)(F)(F)(F)F.O=C(O)CCC[P+](c1ccccc1)(c1ccccc1)c1ccccc1. The minimum absolute atomic E-state index is 0.203. The van der Waals surface area contributed by atoms with Crippen LogP contribution in [-0.2, 0) is 4.79 Å². The maximum absolute atomic E-state index is 11.1. The van der Waals surface area contributed by atoms with Gasteiger partial charge < -0.3 is 5.11 Å². The van der Waals surface area contributed by atoms with Gasteiger partial charge in [-0.05, 0) is 42.8 Å². The van der Waals surface area contributed by atoms with Gasteiger partial charge in [0.1, 0.15) is 23.2 Å². The van der Waals surface area contributed by atoms with Crippen LogP contribution in [0.15, 0.2) is 91.0 Å². The number of halogens is 6. The third-order valence-electron chi connectivity index (χ3n) is 4.48. The molecule has 0 aliphatic rings. The maximum atomic E-state index is 11.1. The molecule has 0 aromatic heterocycles. The van der Waals surface area contributed by atoms with Crippen LogP contribution in [0.1, 0.15) is 12.8 Å². The van der Waals surface area contributed by atoms with E-state index in [9.17, 15) is 30.0 Å². The number of hydrogen-bond acceptors (Lipinski definition) is 1. The van der Waals surface area contributed by atoms with Crippen LogP contribution in [0.4, 0.5) is 25.2 Å². The summed E-state index contributed by atoms with van der Waals surface area (Å²) in [7, 11) is -12.5. The van der Waals surface area contributed by atoms with E-state index in [1.165, 1.54) is 15.9 Å². The van der Waals surface area contributed by atoms with Crippen molar-refractivity contribution in [2.75, 3.05) is 6.16 Å². The fraction of sp³-hybridized carbons (Fsp3) is 0.136. The Morgan fingerprint density at radius 1 is 0.656 bits per heavy atom. The van der Waals surface area contributed by atoms with Crippen LogP contribution in [0.5, 0.6) is 0 Å². The first-order valence-electron chi connectivity index (χ1n) is 9.51. The van der Waals surface area contributed by atoms with Crippen LogP contribution >= 0.6 is 15.1 Å². The van der Waals surface area contributed by atoms with Gasteiger partial charge in [-0.3, -0.25) is 4.79 Å². The van der Waals surface area contributed by atoms with Gasteiger partial charge in [0, 0.05) is 6.42 Å². The van der Waals surface area contributed by atoms with Crippen molar-refractivity contribution in [2.24, 2.45) is 0 Å². The zero-order valence-corrected chi connectivity index (χ0v) is 18.6. The molecule has 0 saturated carbocycles. The quantitative estimate of drug-likeness (QED) is 0.278. The predicted octanol–water partition coefficient (Wildman–Crippen LogP) is 7.23. The summed E-state index contributed by atoms with van der Waals surface area (Å²) in [6.45, 7) is 0. The van der Waals surface area contributed by atoms with Gasteiger partial charge in [-0.1, -0.05) is 54.6 Å². The van der Waals surface area contributed by atoms with Crippen molar-refractivity contribution in [3.63, 3.8) is 0 Å². The average Bonchev–Trinajstić information content (AvgIpc) is 2.71. The maximum Gasteiger partial charge on any atom is 0.303 e. The van der Waals surface area contributed by atoms with Crippen LogP contribution in [0.25, 0.3) is 0 Å². The summed E-state index contributed by atoms with van der Waals surface area (Å²) in [6.07, 6.45) is 1.73. The topological polar surface area (TPSA) is 37.3 Å². The number of rotatable bonds is 7. The van der Waals surface area contributed by atoms with Gasteiger partial charge in [0.25, 0.3) is 0 Å². The largest absolute Gasteiger partial charge is 0.481 e. The summed E-state index contributed by atoms with van der Waals surface area (Å²) >= 11 is 0. The van der Waals surface area contributed by atoms with Crippen LogP contribution in [0.3, 0.4) is 0 Å². The molecule has 0 spiro atoms. The molecular weight excluding hydrogens is 472 g/mol. The van der Waals surface area contributed by atoms with Crippen LogP contribution < -0.4 is 15.9 Å². The normalized spacial score (nSPS) is 13.8. The number of benzene rings is 3. The molecule has 3 aromatic carbocycles. The molecule has 0 amide bonds. The van der Waals surface area contributed by atoms with E-state index in [0.717, 1.165) is 6.16 Å². The van der Waals surface area contributed by atoms with Crippen LogP contribution in [0.2, 0.25) is 0 Å². The van der Waals surface area contributed by atoms with E-state index >= 15 is 0 Å². The van der Waals surface area contributed by atoms with E-state index < -0.39 is 21.0 Å². The summed E-state index contributed by atoms with van der Waals surface area (Å²) in [5.74, 6) is -0.729. The van der Waals surface area contributed by atoms with E-state index in [0.29, 0.717) is 6.42 Å². The zero-order chi connectivity index (χ0) is 23.9. The number of aliphatic carboxylic acids is 1. The molecule has 0 unspecified atom stereocenters. The summed E-state index contributed by atoms with van der Waals surface area (Å²) in [6, 6.07) is 31.7. The molecule has 0 saturated heterocycles. The first kappa shape index (κ1) is 25.8. The second kappa shape index (κ2) is 9.21. The third kappa shape index (κ3) is 8.97. The molecule has 3 rings (SSSR count). The van der Waals surface area contributed by atoms with Crippen molar-refractivity contribution in [1.29, 1.82) is 0 Å². The Morgan fingerprint density at radius 2 is 0.938 bits per heavy atom. The van der Waals surface area contributed by atoms with E-state index in [-0.39, 0.29) is 6.42 Å². The Hall–Kier alpha value is -2.43. The van der Waals surface area contributed by atoms with Gasteiger partial charge in [-0.2, -0.15) is 0 Å². The number of carboxylic acid groups (broad SMARTS) is 1. The molecule has 0 fully saturated rings. The minimum atomic E-state index is -10.7. The standard InChI is InChI=1S/C22H21O2P.F6P/c23-22(24)17-10-18-25(19-11-4-1-5-12-19,20-13-6-2-7-14-20)21-15-8-3-9-16-21;1-7(2,3,4,5)6/h1-9,11-16H,10,17-18H2;/q;-1/p+1. The Kier molecular flexibility index (Phi) is 7.43. The van der Waals surface area contributed by atoms with Gasteiger partial charge in [0.15, 0.2) is 0 Å². The fourth-order valence-electron chi connectivity index (χ4n) is 3.35. The molecule has 2 nitrogen and oxygen atoms in total. The molecule has 3 aromatic rings. The molecule has 0 aliphatic heterocycles. The Balaban J connectivity index is 0.000000451. The fourth-order valence-corrected chi connectivity index (χ4v) is 7.69. The molecule has 1 N–H and O–H groups in total. The van der Waals surface area contributed by atoms with E-state index in [2.05, 4.69) is 72.8 Å². The van der Waals surface area contributed by atoms with Crippen molar-refractivity contribution in [2.45, 2.75) is 12.8 Å². The van der Waals surface area contributed by atoms with E-state index in [1.54, 1.807) is 0 Å². The summed E-state index contributed by atoms with van der Waals surface area (Å²) in [5.41, 5.74) is 0. The first-order valence-corrected chi connectivity index (χ1v) is 13.5. The van der Waals surface area contributed by atoms with Crippen molar-refractivity contribution in [3.8, 4) is 0 Å². The van der Waals surface area contributed by atoms with Crippen LogP contribution in [0, 0.1) is 0 Å². The van der Waals surface area contributed by atoms with E-state index in [4.69, 9.17) is 5.11 Å². The Labute approximate surface area is 182 Å². The Morgan fingerprint density at radius 3 is 1.19 bits per heavy atom. The van der Waals surface area contributed by atoms with Crippen molar-refractivity contribution >= 4 is 37.0 Å². The molecule has 0 aliphatic carbocycles. The molecule has 0 bridgehead atoms. The Bertz CT molecular complexity index is 905. The first-order chi connectivity index (χ1) is 14.7. The van der Waals surface area contributed by atoms with Gasteiger partial charge in [0.05, 0.1) is 6.16 Å². The average molecular weight is 494 g/mol. The number of hydrogen-bond donors (Lipinski definition) is 1. The minimum Gasteiger partial charge on any atom is -0.481 e. The van der Waals surface area contributed by atoms with Gasteiger partial charge in [0.2, 0.25) is 0 Å². The smallest absolute Gasteiger partial charge is 0.303 e. The summed E-state index contributed by atoms with van der Waals surface area (Å²) < 4.78 is 59.2. The second-order valence-electron chi connectivity index (χ2n) is 7.00. The molecule has 0 heterocycles. The zero-order valence-electron chi connectivity index (χ0n) is 16.8. The van der Waals surface area contributed by atoms with Gasteiger partial charge in [-0.25, -0.2) is 0 Å². The predicted molar refractivity (Wildman–Crippen MR) is 120 cm³/mol. The monoisotopic (exact) mass is 494 g/mol. The summed E-state index contributed by atoms with van der Waals surface area (Å²) in [4.78, 5) is 11.1. The molecular formula is C22H22F6O2P2. The molecule has 0 atom stereocenters. The van der Waals surface area contributed by atoms with Crippen molar-refractivity contribution < 1.29 is 35.1 Å². The van der Waals surface area contributed by atoms with Gasteiger partial charge in [-0.15, -0.1) is 0 Å². The van der Waals surface area contributed by atoms with Gasteiger partial charge >= 0.3 is 39.0 Å². The van der Waals surface area contributed by atoms with Crippen molar-refractivity contribution in [1.82, 2.24) is 0 Å². The number of carboxylic acids is 1. The third-order valence-corrected chi connectivity index (χ3v) is 9.00.